The number of hydrogen-bond acceptors (Lipinski definition) is 5. The normalized spacial score (nSPS) is 14.5. The molecule has 0 radical (unpaired) electrons. The molecule has 0 aliphatic carbocycles. The minimum atomic E-state index is -0.321. The highest BCUT2D eigenvalue weighted by Crippen LogP contribution is 2.11. The fourth-order valence-corrected chi connectivity index (χ4v) is 2.10. The Balaban J connectivity index is 1.80. The molecule has 1 amide bonds. The number of benzene rings is 1. The molecule has 6 nitrogen and oxygen atoms in total. The zero-order chi connectivity index (χ0) is 15.8. The third-order valence-corrected chi connectivity index (χ3v) is 3.37. The number of carbonyl (C=O) groups is 2. The van der Waals surface area contributed by atoms with E-state index < -0.39 is 0 Å². The van der Waals surface area contributed by atoms with Crippen molar-refractivity contribution in [1.82, 2.24) is 4.90 Å². The molecule has 0 atom stereocenters. The molecule has 2 rings (SSSR count). The second kappa shape index (κ2) is 8.38. The van der Waals surface area contributed by atoms with Crippen LogP contribution < -0.4 is 5.32 Å². The summed E-state index contributed by atoms with van der Waals surface area (Å²) in [5.74, 6) is -0.271. The first-order chi connectivity index (χ1) is 10.7. The van der Waals surface area contributed by atoms with Gasteiger partial charge in [-0.3, -0.25) is 4.79 Å². The smallest absolute Gasteiger partial charge is 0.338 e. The Labute approximate surface area is 130 Å². The van der Waals surface area contributed by atoms with Crippen molar-refractivity contribution in [1.29, 1.82) is 0 Å². The lowest BCUT2D eigenvalue weighted by Gasteiger charge is -2.27. The molecule has 1 aromatic carbocycles. The quantitative estimate of drug-likeness (QED) is 0.807. The van der Waals surface area contributed by atoms with Crippen molar-refractivity contribution in [2.24, 2.45) is 0 Å². The van der Waals surface area contributed by atoms with Gasteiger partial charge in [0.25, 0.3) is 0 Å². The Morgan fingerprint density at radius 2 is 1.91 bits per heavy atom. The number of ether oxygens (including phenoxy) is 2. The third kappa shape index (κ3) is 4.73. The monoisotopic (exact) mass is 306 g/mol. The van der Waals surface area contributed by atoms with E-state index in [0.717, 1.165) is 12.1 Å². The van der Waals surface area contributed by atoms with Gasteiger partial charge in [-0.15, -0.1) is 0 Å². The SMILES string of the molecule is CCCOC(=O)c1ccc(NCC(=O)N2CCOCC2)cc1. The van der Waals surface area contributed by atoms with Gasteiger partial charge in [-0.05, 0) is 30.7 Å². The maximum Gasteiger partial charge on any atom is 0.338 e. The molecule has 1 aliphatic heterocycles. The van der Waals surface area contributed by atoms with Gasteiger partial charge < -0.3 is 19.7 Å². The lowest BCUT2D eigenvalue weighted by atomic mass is 10.2. The number of nitrogens with zero attached hydrogens (tertiary/aromatic N) is 1. The highest BCUT2D eigenvalue weighted by Gasteiger charge is 2.16. The molecule has 6 heteroatoms. The van der Waals surface area contributed by atoms with Crippen LogP contribution in [0.25, 0.3) is 0 Å². The van der Waals surface area contributed by atoms with E-state index in [1.54, 1.807) is 29.2 Å². The minimum Gasteiger partial charge on any atom is -0.462 e. The van der Waals surface area contributed by atoms with Crippen LogP contribution in [0.1, 0.15) is 23.7 Å². The summed E-state index contributed by atoms with van der Waals surface area (Å²) in [6.07, 6.45) is 0.801. The first kappa shape index (κ1) is 16.3. The van der Waals surface area contributed by atoms with Gasteiger partial charge in [0, 0.05) is 18.8 Å². The molecule has 120 valence electrons. The van der Waals surface area contributed by atoms with E-state index in [4.69, 9.17) is 9.47 Å². The van der Waals surface area contributed by atoms with Crippen LogP contribution in [-0.2, 0) is 14.3 Å². The van der Waals surface area contributed by atoms with Crippen LogP contribution in [0.4, 0.5) is 5.69 Å². The molecular weight excluding hydrogens is 284 g/mol. The van der Waals surface area contributed by atoms with E-state index in [9.17, 15) is 9.59 Å². The minimum absolute atomic E-state index is 0.0507. The largest absolute Gasteiger partial charge is 0.462 e. The summed E-state index contributed by atoms with van der Waals surface area (Å²) >= 11 is 0. The predicted octanol–water partition coefficient (Wildman–Crippen LogP) is 1.52. The Morgan fingerprint density at radius 3 is 2.55 bits per heavy atom. The average Bonchev–Trinajstić information content (AvgIpc) is 2.58. The summed E-state index contributed by atoms with van der Waals surface area (Å²) in [5.41, 5.74) is 1.31. The topological polar surface area (TPSA) is 67.9 Å². The molecule has 1 heterocycles. The molecule has 0 unspecified atom stereocenters. The summed E-state index contributed by atoms with van der Waals surface area (Å²) in [6.45, 7) is 5.09. The van der Waals surface area contributed by atoms with Crippen molar-refractivity contribution in [2.45, 2.75) is 13.3 Å². The molecule has 1 aromatic rings. The number of rotatable bonds is 6. The number of nitrogens with one attached hydrogen (secondary N) is 1. The summed E-state index contributed by atoms with van der Waals surface area (Å²) in [5, 5.41) is 3.07. The lowest BCUT2D eigenvalue weighted by molar-refractivity contribution is -0.133. The molecule has 22 heavy (non-hydrogen) atoms. The second-order valence-electron chi connectivity index (χ2n) is 5.06. The zero-order valence-electron chi connectivity index (χ0n) is 12.8. The number of anilines is 1. The molecule has 1 aliphatic rings. The van der Waals surface area contributed by atoms with Crippen molar-refractivity contribution in [3.05, 3.63) is 29.8 Å². The van der Waals surface area contributed by atoms with Gasteiger partial charge in [-0.2, -0.15) is 0 Å². The molecule has 0 bridgehead atoms. The Bertz CT molecular complexity index is 495. The predicted molar refractivity (Wildman–Crippen MR) is 82.9 cm³/mol. The first-order valence-electron chi connectivity index (χ1n) is 7.57. The van der Waals surface area contributed by atoms with E-state index in [1.165, 1.54) is 0 Å². The van der Waals surface area contributed by atoms with Gasteiger partial charge in [0.1, 0.15) is 0 Å². The number of morpholine rings is 1. The van der Waals surface area contributed by atoms with E-state index in [1.807, 2.05) is 6.92 Å². The molecule has 1 saturated heterocycles. The van der Waals surface area contributed by atoms with Crippen LogP contribution in [0.2, 0.25) is 0 Å². The van der Waals surface area contributed by atoms with Crippen LogP contribution in [0.15, 0.2) is 24.3 Å². The van der Waals surface area contributed by atoms with Crippen LogP contribution in [-0.4, -0.2) is 56.2 Å². The van der Waals surface area contributed by atoms with E-state index in [-0.39, 0.29) is 18.4 Å². The van der Waals surface area contributed by atoms with Gasteiger partial charge in [0.05, 0.1) is 31.9 Å². The maximum atomic E-state index is 12.0. The molecule has 0 aromatic heterocycles. The molecular formula is C16H22N2O4. The van der Waals surface area contributed by atoms with Gasteiger partial charge in [-0.25, -0.2) is 4.79 Å². The standard InChI is InChI=1S/C16H22N2O4/c1-2-9-22-16(20)13-3-5-14(6-4-13)17-12-15(19)18-7-10-21-11-8-18/h3-6,17H,2,7-12H2,1H3. The lowest BCUT2D eigenvalue weighted by Crippen LogP contribution is -2.43. The number of carbonyl (C=O) groups excluding carboxylic acids is 2. The summed E-state index contributed by atoms with van der Waals surface area (Å²) in [7, 11) is 0. The summed E-state index contributed by atoms with van der Waals surface area (Å²) < 4.78 is 10.3. The van der Waals surface area contributed by atoms with Crippen LogP contribution in [0, 0.1) is 0 Å². The van der Waals surface area contributed by atoms with Crippen LogP contribution >= 0.6 is 0 Å². The maximum absolute atomic E-state index is 12.0. The van der Waals surface area contributed by atoms with Crippen molar-refractivity contribution in [3.8, 4) is 0 Å². The Kier molecular flexibility index (Phi) is 6.21. The zero-order valence-corrected chi connectivity index (χ0v) is 12.8. The van der Waals surface area contributed by atoms with Crippen molar-refractivity contribution in [2.75, 3.05) is 44.8 Å². The van der Waals surface area contributed by atoms with Gasteiger partial charge in [-0.1, -0.05) is 6.92 Å². The van der Waals surface area contributed by atoms with Crippen molar-refractivity contribution < 1.29 is 19.1 Å². The fourth-order valence-electron chi connectivity index (χ4n) is 2.10. The fraction of sp³-hybridized carbons (Fsp3) is 0.500. The molecule has 0 spiro atoms. The molecule has 0 saturated carbocycles. The third-order valence-electron chi connectivity index (χ3n) is 3.37. The number of amides is 1. The number of hydrogen-bond donors (Lipinski definition) is 1. The first-order valence-corrected chi connectivity index (χ1v) is 7.57. The highest BCUT2D eigenvalue weighted by atomic mass is 16.5. The average molecular weight is 306 g/mol. The Morgan fingerprint density at radius 1 is 1.23 bits per heavy atom. The van der Waals surface area contributed by atoms with Gasteiger partial charge in [0.15, 0.2) is 0 Å². The molecule has 1 N–H and O–H groups in total. The Hall–Kier alpha value is -2.08. The van der Waals surface area contributed by atoms with Crippen molar-refractivity contribution in [3.63, 3.8) is 0 Å². The molecule has 1 fully saturated rings. The van der Waals surface area contributed by atoms with E-state index in [0.29, 0.717) is 38.5 Å². The summed E-state index contributed by atoms with van der Waals surface area (Å²) in [6, 6.07) is 6.93. The van der Waals surface area contributed by atoms with E-state index in [2.05, 4.69) is 5.32 Å². The van der Waals surface area contributed by atoms with Crippen molar-refractivity contribution >= 4 is 17.6 Å². The van der Waals surface area contributed by atoms with Crippen LogP contribution in [0.3, 0.4) is 0 Å². The van der Waals surface area contributed by atoms with E-state index >= 15 is 0 Å². The number of esters is 1. The van der Waals surface area contributed by atoms with Gasteiger partial charge in [0.2, 0.25) is 5.91 Å². The summed E-state index contributed by atoms with van der Waals surface area (Å²) in [4.78, 5) is 25.5. The highest BCUT2D eigenvalue weighted by molar-refractivity contribution is 5.90. The van der Waals surface area contributed by atoms with Gasteiger partial charge >= 0.3 is 5.97 Å². The second-order valence-corrected chi connectivity index (χ2v) is 5.06. The van der Waals surface area contributed by atoms with Crippen LogP contribution in [0.5, 0.6) is 0 Å².